The first kappa shape index (κ1) is 17.2. The fourth-order valence-electron chi connectivity index (χ4n) is 2.54. The number of unbranched alkanes of at least 4 members (excludes halogenated alkanes) is 1. The highest BCUT2D eigenvalue weighted by Gasteiger charge is 2.18. The van der Waals surface area contributed by atoms with Crippen molar-refractivity contribution >= 4 is 0 Å². The maximum Gasteiger partial charge on any atom is 0.0669 e. The van der Waals surface area contributed by atoms with Crippen molar-refractivity contribution in [1.82, 2.24) is 5.32 Å². The van der Waals surface area contributed by atoms with Gasteiger partial charge in [-0.1, -0.05) is 70.9 Å². The van der Waals surface area contributed by atoms with Gasteiger partial charge < -0.3 is 10.4 Å². The molecular formula is C18H31NO. The zero-order valence-corrected chi connectivity index (χ0v) is 13.5. The van der Waals surface area contributed by atoms with Gasteiger partial charge in [0.05, 0.1) is 6.10 Å². The number of nitrogens with one attached hydrogen (secondary N) is 1. The smallest absolute Gasteiger partial charge is 0.0669 e. The molecule has 0 heterocycles. The fourth-order valence-corrected chi connectivity index (χ4v) is 2.54. The lowest BCUT2D eigenvalue weighted by atomic mass is 9.89. The molecule has 0 saturated heterocycles. The number of benzene rings is 1. The van der Waals surface area contributed by atoms with E-state index in [0.717, 1.165) is 12.8 Å². The summed E-state index contributed by atoms with van der Waals surface area (Å²) in [6.07, 6.45) is 4.10. The standard InChI is InChI=1S/C18H31NO/c1-5-6-12-17(15-10-8-7-9-11-15)19-14-16(20)13-18(2,3)4/h7-11,16-17,19-20H,5-6,12-14H2,1-4H3. The summed E-state index contributed by atoms with van der Waals surface area (Å²) in [7, 11) is 0. The topological polar surface area (TPSA) is 32.3 Å². The molecule has 0 fully saturated rings. The molecule has 0 spiro atoms. The molecular weight excluding hydrogens is 246 g/mol. The maximum atomic E-state index is 10.1. The van der Waals surface area contributed by atoms with E-state index in [4.69, 9.17) is 0 Å². The van der Waals surface area contributed by atoms with E-state index < -0.39 is 0 Å². The molecule has 2 heteroatoms. The van der Waals surface area contributed by atoms with E-state index in [9.17, 15) is 5.11 Å². The van der Waals surface area contributed by atoms with Gasteiger partial charge in [0, 0.05) is 12.6 Å². The van der Waals surface area contributed by atoms with Crippen LogP contribution < -0.4 is 5.32 Å². The Kier molecular flexibility index (Phi) is 7.25. The van der Waals surface area contributed by atoms with Crippen molar-refractivity contribution in [2.45, 2.75) is 65.5 Å². The normalized spacial score (nSPS) is 15.1. The maximum absolute atomic E-state index is 10.1. The summed E-state index contributed by atoms with van der Waals surface area (Å²) < 4.78 is 0. The minimum absolute atomic E-state index is 0.173. The Bertz CT molecular complexity index is 355. The zero-order valence-electron chi connectivity index (χ0n) is 13.5. The SMILES string of the molecule is CCCCC(NCC(O)CC(C)(C)C)c1ccccc1. The molecule has 0 bridgehead atoms. The number of rotatable bonds is 8. The van der Waals surface area contributed by atoms with Gasteiger partial charge in [0.1, 0.15) is 0 Å². The van der Waals surface area contributed by atoms with Crippen LogP contribution in [-0.4, -0.2) is 17.8 Å². The van der Waals surface area contributed by atoms with Crippen LogP contribution in [-0.2, 0) is 0 Å². The summed E-state index contributed by atoms with van der Waals surface area (Å²) >= 11 is 0. The molecule has 0 aliphatic rings. The highest BCUT2D eigenvalue weighted by Crippen LogP contribution is 2.22. The molecule has 2 N–H and O–H groups in total. The average molecular weight is 277 g/mol. The molecule has 1 aromatic carbocycles. The number of hydrogen-bond donors (Lipinski definition) is 2. The number of aliphatic hydroxyl groups excluding tert-OH is 1. The lowest BCUT2D eigenvalue weighted by molar-refractivity contribution is 0.116. The van der Waals surface area contributed by atoms with Crippen molar-refractivity contribution in [1.29, 1.82) is 0 Å². The van der Waals surface area contributed by atoms with Crippen molar-refractivity contribution in [3.8, 4) is 0 Å². The van der Waals surface area contributed by atoms with Crippen LogP contribution in [0.2, 0.25) is 0 Å². The predicted octanol–water partition coefficient (Wildman–Crippen LogP) is 4.30. The quantitative estimate of drug-likeness (QED) is 0.742. The average Bonchev–Trinajstić information content (AvgIpc) is 2.38. The van der Waals surface area contributed by atoms with Crippen LogP contribution in [0.25, 0.3) is 0 Å². The van der Waals surface area contributed by atoms with Gasteiger partial charge in [0.25, 0.3) is 0 Å². The first-order valence-electron chi connectivity index (χ1n) is 7.89. The Hall–Kier alpha value is -0.860. The Morgan fingerprint density at radius 1 is 1.15 bits per heavy atom. The Morgan fingerprint density at radius 2 is 1.80 bits per heavy atom. The summed E-state index contributed by atoms with van der Waals surface area (Å²) in [4.78, 5) is 0. The molecule has 2 nitrogen and oxygen atoms in total. The lowest BCUT2D eigenvalue weighted by Crippen LogP contribution is -2.32. The monoisotopic (exact) mass is 277 g/mol. The van der Waals surface area contributed by atoms with Crippen molar-refractivity contribution in [2.24, 2.45) is 5.41 Å². The highest BCUT2D eigenvalue weighted by molar-refractivity contribution is 5.18. The van der Waals surface area contributed by atoms with Gasteiger partial charge in [0.2, 0.25) is 0 Å². The highest BCUT2D eigenvalue weighted by atomic mass is 16.3. The van der Waals surface area contributed by atoms with E-state index >= 15 is 0 Å². The summed E-state index contributed by atoms with van der Waals surface area (Å²) in [5.74, 6) is 0. The van der Waals surface area contributed by atoms with Gasteiger partial charge in [-0.05, 0) is 23.8 Å². The molecule has 114 valence electrons. The van der Waals surface area contributed by atoms with E-state index in [0.29, 0.717) is 12.6 Å². The van der Waals surface area contributed by atoms with E-state index in [1.54, 1.807) is 0 Å². The second-order valence-corrected chi connectivity index (χ2v) is 6.93. The van der Waals surface area contributed by atoms with Gasteiger partial charge in [-0.2, -0.15) is 0 Å². The Labute approximate surface area is 124 Å². The van der Waals surface area contributed by atoms with Gasteiger partial charge in [0.15, 0.2) is 0 Å². The third-order valence-corrected chi connectivity index (χ3v) is 3.50. The first-order chi connectivity index (χ1) is 9.42. The minimum Gasteiger partial charge on any atom is -0.392 e. The Balaban J connectivity index is 2.53. The molecule has 2 unspecified atom stereocenters. The van der Waals surface area contributed by atoms with E-state index in [1.807, 2.05) is 0 Å². The zero-order chi connectivity index (χ0) is 15.0. The van der Waals surface area contributed by atoms with Crippen LogP contribution in [0.4, 0.5) is 0 Å². The number of hydrogen-bond acceptors (Lipinski definition) is 2. The third-order valence-electron chi connectivity index (χ3n) is 3.50. The molecule has 0 radical (unpaired) electrons. The predicted molar refractivity (Wildman–Crippen MR) is 86.8 cm³/mol. The minimum atomic E-state index is -0.275. The van der Waals surface area contributed by atoms with Crippen LogP contribution in [0.15, 0.2) is 30.3 Å². The summed E-state index contributed by atoms with van der Waals surface area (Å²) in [6, 6.07) is 10.9. The van der Waals surface area contributed by atoms with Gasteiger partial charge >= 0.3 is 0 Å². The van der Waals surface area contributed by atoms with E-state index in [1.165, 1.54) is 18.4 Å². The van der Waals surface area contributed by atoms with Crippen LogP contribution in [0.3, 0.4) is 0 Å². The summed E-state index contributed by atoms with van der Waals surface area (Å²) in [6.45, 7) is 9.39. The summed E-state index contributed by atoms with van der Waals surface area (Å²) in [5.41, 5.74) is 1.50. The first-order valence-corrected chi connectivity index (χ1v) is 7.89. The second kappa shape index (κ2) is 8.43. The molecule has 0 amide bonds. The Morgan fingerprint density at radius 3 is 2.35 bits per heavy atom. The third kappa shape index (κ3) is 7.06. The van der Waals surface area contributed by atoms with Crippen LogP contribution in [0.5, 0.6) is 0 Å². The van der Waals surface area contributed by atoms with Crippen LogP contribution in [0, 0.1) is 5.41 Å². The van der Waals surface area contributed by atoms with Crippen molar-refractivity contribution in [3.63, 3.8) is 0 Å². The number of aliphatic hydroxyl groups is 1. The second-order valence-electron chi connectivity index (χ2n) is 6.93. The van der Waals surface area contributed by atoms with E-state index in [2.05, 4.69) is 63.3 Å². The van der Waals surface area contributed by atoms with Crippen molar-refractivity contribution < 1.29 is 5.11 Å². The molecule has 0 aliphatic carbocycles. The molecule has 2 atom stereocenters. The van der Waals surface area contributed by atoms with Gasteiger partial charge in [-0.3, -0.25) is 0 Å². The molecule has 0 aliphatic heterocycles. The molecule has 1 rings (SSSR count). The fraction of sp³-hybridized carbons (Fsp3) is 0.667. The van der Waals surface area contributed by atoms with Crippen molar-refractivity contribution in [2.75, 3.05) is 6.54 Å². The molecule has 0 saturated carbocycles. The van der Waals surface area contributed by atoms with Crippen LogP contribution in [0.1, 0.15) is 65.0 Å². The molecule has 1 aromatic rings. The molecule has 0 aromatic heterocycles. The summed E-state index contributed by atoms with van der Waals surface area (Å²) in [5, 5.41) is 13.7. The van der Waals surface area contributed by atoms with Crippen molar-refractivity contribution in [3.05, 3.63) is 35.9 Å². The lowest BCUT2D eigenvalue weighted by Gasteiger charge is -2.25. The largest absolute Gasteiger partial charge is 0.392 e. The van der Waals surface area contributed by atoms with Gasteiger partial charge in [-0.15, -0.1) is 0 Å². The molecule has 20 heavy (non-hydrogen) atoms. The van der Waals surface area contributed by atoms with Crippen LogP contribution >= 0.6 is 0 Å². The van der Waals surface area contributed by atoms with Gasteiger partial charge in [-0.25, -0.2) is 0 Å². The van der Waals surface area contributed by atoms with E-state index in [-0.39, 0.29) is 11.5 Å².